The normalized spacial score (nSPS) is 18.6. The molecule has 98 valence electrons. The molecule has 1 aromatic rings. The minimum absolute atomic E-state index is 0.00226. The van der Waals surface area contributed by atoms with E-state index in [1.165, 1.54) is 0 Å². The number of rotatable bonds is 5. The molecule has 2 amide bonds. The second-order valence-corrected chi connectivity index (χ2v) is 4.22. The molecule has 18 heavy (non-hydrogen) atoms. The molecule has 0 spiro atoms. The molecule has 6 nitrogen and oxygen atoms in total. The summed E-state index contributed by atoms with van der Waals surface area (Å²) in [5, 5.41) is 8.35. The average molecular weight is 251 g/mol. The fourth-order valence-electron chi connectivity index (χ4n) is 1.86. The van der Waals surface area contributed by atoms with E-state index in [1.807, 2.05) is 0 Å². The number of nitrogens with one attached hydrogen (secondary N) is 3. The molecule has 2 rings (SSSR count). The minimum Gasteiger partial charge on any atom is -0.467 e. The Balaban J connectivity index is 1.63. The van der Waals surface area contributed by atoms with Gasteiger partial charge in [0.25, 0.3) is 0 Å². The smallest absolute Gasteiger partial charge is 0.239 e. The second kappa shape index (κ2) is 6.20. The standard InChI is InChI=1S/C12H17N3O3/c16-11(14-7-9-3-2-6-18-9)8-15-12(17)10-4-1-5-13-10/h2-3,6,10,13H,1,4-5,7-8H2,(H,14,16)(H,15,17). The van der Waals surface area contributed by atoms with Gasteiger partial charge in [-0.3, -0.25) is 9.59 Å². The molecule has 0 radical (unpaired) electrons. The van der Waals surface area contributed by atoms with Crippen molar-refractivity contribution < 1.29 is 14.0 Å². The molecule has 1 aromatic heterocycles. The van der Waals surface area contributed by atoms with Gasteiger partial charge in [-0.05, 0) is 31.5 Å². The van der Waals surface area contributed by atoms with Crippen molar-refractivity contribution in [1.82, 2.24) is 16.0 Å². The van der Waals surface area contributed by atoms with E-state index in [9.17, 15) is 9.59 Å². The molecule has 1 fully saturated rings. The van der Waals surface area contributed by atoms with Crippen LogP contribution in [0.4, 0.5) is 0 Å². The highest BCUT2D eigenvalue weighted by Crippen LogP contribution is 2.04. The largest absolute Gasteiger partial charge is 0.467 e. The van der Waals surface area contributed by atoms with E-state index in [1.54, 1.807) is 18.4 Å². The highest BCUT2D eigenvalue weighted by Gasteiger charge is 2.21. The monoisotopic (exact) mass is 251 g/mol. The van der Waals surface area contributed by atoms with Crippen molar-refractivity contribution in [2.45, 2.75) is 25.4 Å². The van der Waals surface area contributed by atoms with Crippen LogP contribution in [0.25, 0.3) is 0 Å². The van der Waals surface area contributed by atoms with Gasteiger partial charge in [0.1, 0.15) is 5.76 Å². The van der Waals surface area contributed by atoms with Crippen molar-refractivity contribution >= 4 is 11.8 Å². The molecule has 1 atom stereocenters. The molecule has 1 aliphatic heterocycles. The Morgan fingerprint density at radius 2 is 2.33 bits per heavy atom. The first-order valence-electron chi connectivity index (χ1n) is 6.06. The van der Waals surface area contributed by atoms with Crippen LogP contribution in [0, 0.1) is 0 Å². The lowest BCUT2D eigenvalue weighted by Gasteiger charge is -2.10. The van der Waals surface area contributed by atoms with Gasteiger partial charge in [0.2, 0.25) is 11.8 Å². The molecule has 1 aliphatic rings. The number of furan rings is 1. The predicted molar refractivity (Wildman–Crippen MR) is 64.6 cm³/mol. The Bertz CT molecular complexity index is 397. The second-order valence-electron chi connectivity index (χ2n) is 4.22. The predicted octanol–water partition coefficient (Wildman–Crippen LogP) is -0.236. The third kappa shape index (κ3) is 3.59. The molecule has 0 aromatic carbocycles. The summed E-state index contributed by atoms with van der Waals surface area (Å²) in [6.07, 6.45) is 3.39. The quantitative estimate of drug-likeness (QED) is 0.674. The van der Waals surface area contributed by atoms with E-state index in [4.69, 9.17) is 4.42 Å². The molecule has 3 N–H and O–H groups in total. The van der Waals surface area contributed by atoms with Crippen molar-refractivity contribution in [3.8, 4) is 0 Å². The maximum absolute atomic E-state index is 11.6. The molecule has 0 saturated carbocycles. The fourth-order valence-corrected chi connectivity index (χ4v) is 1.86. The Labute approximate surface area is 105 Å². The van der Waals surface area contributed by atoms with Crippen molar-refractivity contribution in [3.63, 3.8) is 0 Å². The van der Waals surface area contributed by atoms with Gasteiger partial charge in [0, 0.05) is 0 Å². The van der Waals surface area contributed by atoms with Gasteiger partial charge < -0.3 is 20.4 Å². The van der Waals surface area contributed by atoms with Crippen LogP contribution in [0.5, 0.6) is 0 Å². The first kappa shape index (κ1) is 12.6. The van der Waals surface area contributed by atoms with Crippen molar-refractivity contribution in [2.75, 3.05) is 13.1 Å². The zero-order valence-electron chi connectivity index (χ0n) is 10.1. The molecule has 0 aliphatic carbocycles. The van der Waals surface area contributed by atoms with Crippen LogP contribution in [0.2, 0.25) is 0 Å². The zero-order valence-corrected chi connectivity index (χ0v) is 10.1. The van der Waals surface area contributed by atoms with Crippen molar-refractivity contribution in [2.24, 2.45) is 0 Å². The SMILES string of the molecule is O=C(CNC(=O)C1CCCN1)NCc1ccco1. The number of hydrogen-bond donors (Lipinski definition) is 3. The van der Waals surface area contributed by atoms with Gasteiger partial charge in [-0.1, -0.05) is 0 Å². The van der Waals surface area contributed by atoms with E-state index >= 15 is 0 Å². The van der Waals surface area contributed by atoms with Crippen LogP contribution < -0.4 is 16.0 Å². The number of hydrogen-bond acceptors (Lipinski definition) is 4. The van der Waals surface area contributed by atoms with Crippen LogP contribution >= 0.6 is 0 Å². The van der Waals surface area contributed by atoms with Gasteiger partial charge in [-0.15, -0.1) is 0 Å². The molecule has 1 unspecified atom stereocenters. The molecule has 6 heteroatoms. The third-order valence-electron chi connectivity index (χ3n) is 2.84. The van der Waals surface area contributed by atoms with E-state index < -0.39 is 0 Å². The Hall–Kier alpha value is -1.82. The topological polar surface area (TPSA) is 83.4 Å². The summed E-state index contributed by atoms with van der Waals surface area (Å²) in [6, 6.07) is 3.39. The lowest BCUT2D eigenvalue weighted by molar-refractivity contribution is -0.127. The van der Waals surface area contributed by atoms with E-state index in [0.29, 0.717) is 12.3 Å². The number of carbonyl (C=O) groups is 2. The molecule has 2 heterocycles. The summed E-state index contributed by atoms with van der Waals surface area (Å²) in [4.78, 5) is 23.1. The highest BCUT2D eigenvalue weighted by molar-refractivity contribution is 5.87. The van der Waals surface area contributed by atoms with Crippen LogP contribution in [-0.4, -0.2) is 30.9 Å². The van der Waals surface area contributed by atoms with E-state index in [2.05, 4.69) is 16.0 Å². The highest BCUT2D eigenvalue weighted by atomic mass is 16.3. The number of amides is 2. The van der Waals surface area contributed by atoms with Gasteiger partial charge in [-0.25, -0.2) is 0 Å². The fraction of sp³-hybridized carbons (Fsp3) is 0.500. The molecular weight excluding hydrogens is 234 g/mol. The van der Waals surface area contributed by atoms with E-state index in [0.717, 1.165) is 19.4 Å². The number of carbonyl (C=O) groups excluding carboxylic acids is 2. The van der Waals surface area contributed by atoms with Gasteiger partial charge in [0.15, 0.2) is 0 Å². The summed E-state index contributed by atoms with van der Waals surface area (Å²) in [6.45, 7) is 1.20. The van der Waals surface area contributed by atoms with Crippen LogP contribution in [-0.2, 0) is 16.1 Å². The molecular formula is C12H17N3O3. The maximum atomic E-state index is 11.6. The average Bonchev–Trinajstić information content (AvgIpc) is 3.05. The summed E-state index contributed by atoms with van der Waals surface area (Å²) in [5.74, 6) is 0.352. The molecule has 1 saturated heterocycles. The van der Waals surface area contributed by atoms with Gasteiger partial charge in [0.05, 0.1) is 25.4 Å². The van der Waals surface area contributed by atoms with Crippen LogP contribution in [0.1, 0.15) is 18.6 Å². The van der Waals surface area contributed by atoms with Crippen molar-refractivity contribution in [3.05, 3.63) is 24.2 Å². The minimum atomic E-state index is -0.224. The third-order valence-corrected chi connectivity index (χ3v) is 2.84. The first-order chi connectivity index (χ1) is 8.75. The lowest BCUT2D eigenvalue weighted by atomic mass is 10.2. The summed E-state index contributed by atoms with van der Waals surface area (Å²) in [7, 11) is 0. The van der Waals surface area contributed by atoms with Gasteiger partial charge in [-0.2, -0.15) is 0 Å². The Morgan fingerprint density at radius 1 is 1.44 bits per heavy atom. The Kier molecular flexibility index (Phi) is 4.35. The summed E-state index contributed by atoms with van der Waals surface area (Å²) < 4.78 is 5.08. The lowest BCUT2D eigenvalue weighted by Crippen LogP contribution is -2.44. The first-order valence-corrected chi connectivity index (χ1v) is 6.06. The van der Waals surface area contributed by atoms with Crippen LogP contribution in [0.3, 0.4) is 0 Å². The van der Waals surface area contributed by atoms with Crippen molar-refractivity contribution in [1.29, 1.82) is 0 Å². The summed E-state index contributed by atoms with van der Waals surface area (Å²) >= 11 is 0. The zero-order chi connectivity index (χ0) is 12.8. The van der Waals surface area contributed by atoms with E-state index in [-0.39, 0.29) is 24.4 Å². The van der Waals surface area contributed by atoms with Gasteiger partial charge >= 0.3 is 0 Å². The van der Waals surface area contributed by atoms with Crippen LogP contribution in [0.15, 0.2) is 22.8 Å². The summed E-state index contributed by atoms with van der Waals surface area (Å²) in [5.41, 5.74) is 0. The Morgan fingerprint density at radius 3 is 3.00 bits per heavy atom. The maximum Gasteiger partial charge on any atom is 0.239 e. The molecule has 0 bridgehead atoms.